The predicted octanol–water partition coefficient (Wildman–Crippen LogP) is 3.08. The fraction of sp³-hybridized carbons (Fsp3) is 0.500. The van der Waals surface area contributed by atoms with E-state index in [1.165, 1.54) is 11.1 Å². The van der Waals surface area contributed by atoms with E-state index in [0.717, 1.165) is 31.5 Å². The van der Waals surface area contributed by atoms with Gasteiger partial charge in [0, 0.05) is 51.4 Å². The number of hydrogen-bond acceptors (Lipinski definition) is 4. The quantitative estimate of drug-likeness (QED) is 0.783. The lowest BCUT2D eigenvalue weighted by Crippen LogP contribution is -2.65. The zero-order chi connectivity index (χ0) is 20.4. The number of benzene rings is 1. The Bertz CT molecular complexity index is 819. The van der Waals surface area contributed by atoms with Crippen molar-refractivity contribution >= 4 is 5.91 Å². The molecule has 2 aliphatic rings. The monoisotopic (exact) mass is 393 g/mol. The number of aromatic nitrogens is 1. The van der Waals surface area contributed by atoms with Gasteiger partial charge in [-0.2, -0.15) is 0 Å². The van der Waals surface area contributed by atoms with Crippen molar-refractivity contribution in [2.24, 2.45) is 0 Å². The molecule has 2 atom stereocenters. The van der Waals surface area contributed by atoms with Crippen molar-refractivity contribution in [3.63, 3.8) is 0 Å². The summed E-state index contributed by atoms with van der Waals surface area (Å²) in [6.07, 6.45) is 5.38. The van der Waals surface area contributed by atoms with Crippen molar-refractivity contribution in [3.05, 3.63) is 65.5 Å². The minimum absolute atomic E-state index is 0.127. The number of rotatable bonds is 5. The molecule has 0 N–H and O–H groups in total. The average Bonchev–Trinajstić information content (AvgIpc) is 3.12. The maximum Gasteiger partial charge on any atom is 0.244 e. The molecule has 29 heavy (non-hydrogen) atoms. The third-order valence-electron chi connectivity index (χ3n) is 6.30. The Morgan fingerprint density at radius 2 is 1.69 bits per heavy atom. The number of morpholine rings is 1. The number of likely N-dealkylation sites (N-methyl/N-ethyl adjacent to an activating group) is 1. The highest BCUT2D eigenvalue weighted by molar-refractivity contribution is 5.88. The maximum atomic E-state index is 14.1. The van der Waals surface area contributed by atoms with Crippen LogP contribution in [0.3, 0.4) is 0 Å². The fourth-order valence-corrected chi connectivity index (χ4v) is 4.96. The topological polar surface area (TPSA) is 45.7 Å². The van der Waals surface area contributed by atoms with E-state index < -0.39 is 5.54 Å². The molecule has 1 amide bonds. The largest absolute Gasteiger partial charge is 0.373 e. The Morgan fingerprint density at radius 1 is 1.10 bits per heavy atom. The SMILES string of the molecule is CCN(Cc1ccncc1)C(=O)C1(N2C[C@@H](C)O[C@@H](C)C2)Cc2ccccc2C1. The predicted molar refractivity (Wildman–Crippen MR) is 113 cm³/mol. The molecule has 1 fully saturated rings. The van der Waals surface area contributed by atoms with Gasteiger partial charge in [0.2, 0.25) is 5.91 Å². The molecule has 1 aromatic carbocycles. The zero-order valence-electron chi connectivity index (χ0n) is 17.7. The molecule has 5 nitrogen and oxygen atoms in total. The lowest BCUT2D eigenvalue weighted by atomic mass is 9.89. The summed E-state index contributed by atoms with van der Waals surface area (Å²) in [5, 5.41) is 0. The highest BCUT2D eigenvalue weighted by Gasteiger charge is 2.51. The lowest BCUT2D eigenvalue weighted by Gasteiger charge is -2.47. The molecule has 0 radical (unpaired) electrons. The highest BCUT2D eigenvalue weighted by atomic mass is 16.5. The van der Waals surface area contributed by atoms with E-state index in [1.54, 1.807) is 12.4 Å². The van der Waals surface area contributed by atoms with Crippen LogP contribution >= 0.6 is 0 Å². The van der Waals surface area contributed by atoms with E-state index in [2.05, 4.69) is 54.9 Å². The van der Waals surface area contributed by atoms with E-state index in [0.29, 0.717) is 13.1 Å². The highest BCUT2D eigenvalue weighted by Crippen LogP contribution is 2.38. The van der Waals surface area contributed by atoms with Gasteiger partial charge in [-0.05, 0) is 49.6 Å². The fourth-order valence-electron chi connectivity index (χ4n) is 4.96. The maximum absolute atomic E-state index is 14.1. The molecule has 5 heteroatoms. The molecule has 0 bridgehead atoms. The van der Waals surface area contributed by atoms with Gasteiger partial charge in [-0.25, -0.2) is 0 Å². The van der Waals surface area contributed by atoms with Crippen LogP contribution in [-0.2, 0) is 28.9 Å². The number of pyridine rings is 1. The van der Waals surface area contributed by atoms with Gasteiger partial charge in [-0.1, -0.05) is 24.3 Å². The van der Waals surface area contributed by atoms with E-state index in [4.69, 9.17) is 4.74 Å². The van der Waals surface area contributed by atoms with E-state index >= 15 is 0 Å². The van der Waals surface area contributed by atoms with Gasteiger partial charge in [-0.3, -0.25) is 14.7 Å². The molecule has 0 spiro atoms. The second-order valence-electron chi connectivity index (χ2n) is 8.49. The molecule has 2 heterocycles. The van der Waals surface area contributed by atoms with Gasteiger partial charge < -0.3 is 9.64 Å². The van der Waals surface area contributed by atoms with Crippen LogP contribution in [0.1, 0.15) is 37.5 Å². The first kappa shape index (κ1) is 20.0. The van der Waals surface area contributed by atoms with E-state index in [1.807, 2.05) is 17.0 Å². The van der Waals surface area contributed by atoms with E-state index in [-0.39, 0.29) is 18.1 Å². The Hall–Kier alpha value is -2.24. The second kappa shape index (κ2) is 8.25. The van der Waals surface area contributed by atoms with Crippen molar-refractivity contribution in [2.45, 2.75) is 57.9 Å². The van der Waals surface area contributed by atoms with Crippen LogP contribution in [-0.4, -0.2) is 58.1 Å². The Kier molecular flexibility index (Phi) is 5.70. The van der Waals surface area contributed by atoms with Crippen molar-refractivity contribution in [1.82, 2.24) is 14.8 Å². The first-order valence-corrected chi connectivity index (χ1v) is 10.7. The van der Waals surface area contributed by atoms with Crippen LogP contribution in [0.4, 0.5) is 0 Å². The molecule has 2 aromatic rings. The third-order valence-corrected chi connectivity index (χ3v) is 6.30. The Labute approximate surface area is 173 Å². The summed E-state index contributed by atoms with van der Waals surface area (Å²) in [5.74, 6) is 0.231. The van der Waals surface area contributed by atoms with Gasteiger partial charge >= 0.3 is 0 Å². The summed E-state index contributed by atoms with van der Waals surface area (Å²) in [7, 11) is 0. The molecule has 1 saturated heterocycles. The number of fused-ring (bicyclic) bond motifs is 1. The number of carbonyl (C=O) groups is 1. The lowest BCUT2D eigenvalue weighted by molar-refractivity contribution is -0.155. The summed E-state index contributed by atoms with van der Waals surface area (Å²) < 4.78 is 5.99. The summed E-state index contributed by atoms with van der Waals surface area (Å²) >= 11 is 0. The van der Waals surface area contributed by atoms with Crippen molar-refractivity contribution in [1.29, 1.82) is 0 Å². The van der Waals surface area contributed by atoms with Gasteiger partial charge in [-0.15, -0.1) is 0 Å². The smallest absolute Gasteiger partial charge is 0.244 e. The number of ether oxygens (including phenoxy) is 1. The molecule has 4 rings (SSSR count). The van der Waals surface area contributed by atoms with Gasteiger partial charge in [0.25, 0.3) is 0 Å². The standard InChI is InChI=1S/C24H31N3O2/c1-4-26(17-20-9-11-25-12-10-20)23(28)24(27-15-18(2)29-19(3)16-27)13-21-7-5-6-8-22(21)14-24/h5-12,18-19H,4,13-17H2,1-3H3/t18-,19+. The first-order valence-electron chi connectivity index (χ1n) is 10.7. The van der Waals surface area contributed by atoms with Gasteiger partial charge in [0.15, 0.2) is 0 Å². The van der Waals surface area contributed by atoms with Crippen LogP contribution in [0.5, 0.6) is 0 Å². The first-order chi connectivity index (χ1) is 14.0. The number of amides is 1. The number of hydrogen-bond donors (Lipinski definition) is 0. The summed E-state index contributed by atoms with van der Waals surface area (Å²) in [5.41, 5.74) is 3.18. The van der Waals surface area contributed by atoms with Crippen LogP contribution in [0.2, 0.25) is 0 Å². The molecule has 154 valence electrons. The molecule has 0 unspecified atom stereocenters. The Balaban J connectivity index is 1.67. The molecule has 1 aliphatic heterocycles. The van der Waals surface area contributed by atoms with Crippen LogP contribution in [0.25, 0.3) is 0 Å². The van der Waals surface area contributed by atoms with Gasteiger partial charge in [0.1, 0.15) is 5.54 Å². The van der Waals surface area contributed by atoms with E-state index in [9.17, 15) is 4.79 Å². The summed E-state index contributed by atoms with van der Waals surface area (Å²) in [6, 6.07) is 12.5. The van der Waals surface area contributed by atoms with Crippen molar-refractivity contribution in [2.75, 3.05) is 19.6 Å². The molecule has 1 aliphatic carbocycles. The number of carbonyl (C=O) groups excluding carboxylic acids is 1. The van der Waals surface area contributed by atoms with Crippen LogP contribution < -0.4 is 0 Å². The Morgan fingerprint density at radius 3 is 2.24 bits per heavy atom. The molecular weight excluding hydrogens is 362 g/mol. The average molecular weight is 394 g/mol. The summed E-state index contributed by atoms with van der Waals surface area (Å²) in [4.78, 5) is 22.6. The second-order valence-corrected chi connectivity index (χ2v) is 8.49. The minimum atomic E-state index is -0.529. The van der Waals surface area contributed by atoms with Gasteiger partial charge in [0.05, 0.1) is 12.2 Å². The molecule has 1 aromatic heterocycles. The molecular formula is C24H31N3O2. The molecule has 0 saturated carbocycles. The third kappa shape index (κ3) is 3.94. The van der Waals surface area contributed by atoms with Crippen molar-refractivity contribution < 1.29 is 9.53 Å². The van der Waals surface area contributed by atoms with Crippen LogP contribution in [0.15, 0.2) is 48.8 Å². The number of nitrogens with zero attached hydrogens (tertiary/aromatic N) is 3. The summed E-state index contributed by atoms with van der Waals surface area (Å²) in [6.45, 7) is 9.17. The normalized spacial score (nSPS) is 23.6. The minimum Gasteiger partial charge on any atom is -0.373 e. The zero-order valence-corrected chi connectivity index (χ0v) is 17.7. The van der Waals surface area contributed by atoms with Crippen LogP contribution in [0, 0.1) is 0 Å². The van der Waals surface area contributed by atoms with Crippen molar-refractivity contribution in [3.8, 4) is 0 Å².